The van der Waals surface area contributed by atoms with E-state index in [1.165, 1.54) is 24.5 Å². The minimum Gasteiger partial charge on any atom is -0.496 e. The molecular weight excluding hydrogens is 416 g/mol. The molecule has 0 radical (unpaired) electrons. The lowest BCUT2D eigenvalue weighted by atomic mass is 9.87. The van der Waals surface area contributed by atoms with Crippen LogP contribution in [-0.2, 0) is 33.1 Å². The number of hydrogen-bond acceptors (Lipinski definition) is 7. The Labute approximate surface area is 182 Å². The van der Waals surface area contributed by atoms with E-state index in [9.17, 15) is 24.6 Å². The molecule has 1 aromatic carbocycles. The Bertz CT molecular complexity index is 1330. The number of carboxylic acids is 1. The summed E-state index contributed by atoms with van der Waals surface area (Å²) in [4.78, 5) is 41.4. The Hall–Kier alpha value is -3.72. The number of aliphatic carboxylic acids is 1. The predicted molar refractivity (Wildman–Crippen MR) is 114 cm³/mol. The van der Waals surface area contributed by atoms with Crippen molar-refractivity contribution in [1.29, 1.82) is 0 Å². The van der Waals surface area contributed by atoms with E-state index in [0.29, 0.717) is 22.7 Å². The molecule has 0 amide bonds. The van der Waals surface area contributed by atoms with Crippen LogP contribution in [0.1, 0.15) is 37.0 Å². The summed E-state index contributed by atoms with van der Waals surface area (Å²) in [5.74, 6) is -1.48. The molecular formula is C23H22N2O7. The van der Waals surface area contributed by atoms with Gasteiger partial charge in [-0.25, -0.2) is 9.78 Å². The van der Waals surface area contributed by atoms with Crippen LogP contribution >= 0.6 is 0 Å². The molecule has 2 aromatic heterocycles. The van der Waals surface area contributed by atoms with Crippen LogP contribution in [0.2, 0.25) is 0 Å². The molecule has 3 heterocycles. The predicted octanol–water partition coefficient (Wildman–Crippen LogP) is 2.18. The molecule has 0 unspecified atom stereocenters. The molecule has 0 aliphatic carbocycles. The maximum atomic E-state index is 13.4. The van der Waals surface area contributed by atoms with E-state index < -0.39 is 29.7 Å². The van der Waals surface area contributed by atoms with Crippen LogP contribution in [0.5, 0.6) is 5.75 Å². The minimum absolute atomic E-state index is 0.0781. The van der Waals surface area contributed by atoms with Gasteiger partial charge in [0.2, 0.25) is 0 Å². The minimum atomic E-state index is -2.33. The number of carbonyl (C=O) groups excluding carboxylic acids is 1. The third kappa shape index (κ3) is 3.21. The van der Waals surface area contributed by atoms with Gasteiger partial charge in [-0.05, 0) is 30.7 Å². The third-order valence-electron chi connectivity index (χ3n) is 5.82. The van der Waals surface area contributed by atoms with Crippen LogP contribution in [0.3, 0.4) is 0 Å². The molecule has 1 aliphatic heterocycles. The first-order chi connectivity index (χ1) is 15.2. The zero-order valence-corrected chi connectivity index (χ0v) is 17.8. The topological polar surface area (TPSA) is 128 Å². The Morgan fingerprint density at radius 3 is 2.66 bits per heavy atom. The fourth-order valence-electron chi connectivity index (χ4n) is 4.08. The van der Waals surface area contributed by atoms with E-state index in [0.717, 1.165) is 10.9 Å². The molecule has 0 bridgehead atoms. The molecule has 9 heteroatoms. The van der Waals surface area contributed by atoms with E-state index in [1.807, 2.05) is 18.2 Å². The average molecular weight is 438 g/mol. The summed E-state index contributed by atoms with van der Waals surface area (Å²) in [6.07, 6.45) is -0.187. The molecule has 4 rings (SSSR count). The van der Waals surface area contributed by atoms with Gasteiger partial charge >= 0.3 is 11.9 Å². The molecule has 0 saturated carbocycles. The van der Waals surface area contributed by atoms with Gasteiger partial charge in [0.05, 0.1) is 36.1 Å². The van der Waals surface area contributed by atoms with Crippen molar-refractivity contribution < 1.29 is 29.3 Å². The van der Waals surface area contributed by atoms with Crippen LogP contribution in [0.4, 0.5) is 0 Å². The van der Waals surface area contributed by atoms with Crippen molar-refractivity contribution in [3.8, 4) is 17.1 Å². The van der Waals surface area contributed by atoms with Crippen molar-refractivity contribution in [3.05, 3.63) is 57.4 Å². The number of methoxy groups -OCH3 is 1. The summed E-state index contributed by atoms with van der Waals surface area (Å²) in [6.45, 7) is 2.45. The number of pyridine rings is 2. The van der Waals surface area contributed by atoms with Crippen LogP contribution in [0.25, 0.3) is 22.3 Å². The molecule has 0 spiro atoms. The molecule has 0 fully saturated rings. The Morgan fingerprint density at radius 1 is 1.28 bits per heavy atom. The van der Waals surface area contributed by atoms with Gasteiger partial charge in [0, 0.05) is 23.4 Å². The first kappa shape index (κ1) is 21.5. The molecule has 9 nitrogen and oxygen atoms in total. The number of nitrogens with zero attached hydrogens (tertiary/aromatic N) is 2. The van der Waals surface area contributed by atoms with Crippen LogP contribution in [-0.4, -0.2) is 38.8 Å². The number of carbonyl (C=O) groups is 2. The van der Waals surface area contributed by atoms with E-state index >= 15 is 0 Å². The van der Waals surface area contributed by atoms with E-state index in [1.54, 1.807) is 13.2 Å². The van der Waals surface area contributed by atoms with E-state index in [2.05, 4.69) is 0 Å². The molecule has 1 aliphatic rings. The van der Waals surface area contributed by atoms with Crippen LogP contribution in [0, 0.1) is 0 Å². The van der Waals surface area contributed by atoms with E-state index in [-0.39, 0.29) is 24.1 Å². The fourth-order valence-corrected chi connectivity index (χ4v) is 4.08. The van der Waals surface area contributed by atoms with Gasteiger partial charge in [-0.3, -0.25) is 9.59 Å². The zero-order chi connectivity index (χ0) is 23.2. The normalized spacial score (nSPS) is 13.9. The van der Waals surface area contributed by atoms with Crippen LogP contribution in [0.15, 0.2) is 35.1 Å². The van der Waals surface area contributed by atoms with Gasteiger partial charge in [0.15, 0.2) is 5.60 Å². The highest BCUT2D eigenvalue weighted by Gasteiger charge is 2.41. The average Bonchev–Trinajstić information content (AvgIpc) is 3.13. The second-order valence-corrected chi connectivity index (χ2v) is 7.64. The van der Waals surface area contributed by atoms with Crippen LogP contribution < -0.4 is 10.3 Å². The largest absolute Gasteiger partial charge is 0.496 e. The monoisotopic (exact) mass is 438 g/mol. The first-order valence-electron chi connectivity index (χ1n) is 10.0. The summed E-state index contributed by atoms with van der Waals surface area (Å²) in [6, 6.07) is 8.78. The van der Waals surface area contributed by atoms with Gasteiger partial charge in [-0.2, -0.15) is 0 Å². The van der Waals surface area contributed by atoms with Gasteiger partial charge < -0.3 is 24.3 Å². The summed E-state index contributed by atoms with van der Waals surface area (Å²) in [5.41, 5.74) is -0.732. The van der Waals surface area contributed by atoms with Gasteiger partial charge in [-0.1, -0.05) is 13.0 Å². The van der Waals surface area contributed by atoms with Crippen molar-refractivity contribution in [3.63, 3.8) is 0 Å². The third-order valence-corrected chi connectivity index (χ3v) is 5.82. The number of aliphatic hydroxyl groups is 1. The smallest absolute Gasteiger partial charge is 0.340 e. The molecule has 3 aromatic rings. The number of aromatic nitrogens is 2. The highest BCUT2D eigenvalue weighted by Crippen LogP contribution is 2.37. The van der Waals surface area contributed by atoms with Gasteiger partial charge in [-0.15, -0.1) is 0 Å². The number of carboxylic acid groups (broad SMARTS) is 1. The Morgan fingerprint density at radius 2 is 2.03 bits per heavy atom. The van der Waals surface area contributed by atoms with Gasteiger partial charge in [0.25, 0.3) is 5.56 Å². The Kier molecular flexibility index (Phi) is 5.21. The number of rotatable bonds is 6. The van der Waals surface area contributed by atoms with E-state index in [4.69, 9.17) is 14.5 Å². The standard InChI is InChI=1S/C23H22N2O7/c1-4-23(30,22(28)29)16-9-18-20-13(8-14-17(24-20)6-5-7-19(14)31-3)10-25(18)21(27)15(16)11-32-12(2)26/h5-9,30H,4,10-11H2,1-3H3,(H,28,29)/t23-/m1/s1. The number of fused-ring (bicyclic) bond motifs is 4. The SMILES string of the molecule is CC[C@](O)(C(=O)O)c1cc2n(c(=O)c1COC(C)=O)Cc1cc3c(OC)cccc3nc1-2. The number of hydrogen-bond donors (Lipinski definition) is 2. The number of ether oxygens (including phenoxy) is 2. The van der Waals surface area contributed by atoms with Crippen molar-refractivity contribution >= 4 is 22.8 Å². The Balaban J connectivity index is 1.99. The van der Waals surface area contributed by atoms with Gasteiger partial charge in [0.1, 0.15) is 12.4 Å². The second kappa shape index (κ2) is 7.76. The van der Waals surface area contributed by atoms with Crippen molar-refractivity contribution in [2.24, 2.45) is 0 Å². The lowest BCUT2D eigenvalue weighted by molar-refractivity contribution is -0.160. The zero-order valence-electron chi connectivity index (χ0n) is 17.8. The molecule has 1 atom stereocenters. The maximum absolute atomic E-state index is 13.4. The number of esters is 1. The van der Waals surface area contributed by atoms with Crippen molar-refractivity contribution in [2.75, 3.05) is 7.11 Å². The van der Waals surface area contributed by atoms with Crippen molar-refractivity contribution in [2.45, 2.75) is 39.0 Å². The highest BCUT2D eigenvalue weighted by molar-refractivity contribution is 5.89. The van der Waals surface area contributed by atoms with Crippen molar-refractivity contribution in [1.82, 2.24) is 9.55 Å². The summed E-state index contributed by atoms with van der Waals surface area (Å²) in [7, 11) is 1.56. The fraction of sp³-hybridized carbons (Fsp3) is 0.304. The molecule has 32 heavy (non-hydrogen) atoms. The summed E-state index contributed by atoms with van der Waals surface area (Å²) < 4.78 is 11.9. The maximum Gasteiger partial charge on any atom is 0.340 e. The highest BCUT2D eigenvalue weighted by atomic mass is 16.5. The number of benzene rings is 1. The molecule has 0 saturated heterocycles. The summed E-state index contributed by atoms with van der Waals surface area (Å²) >= 11 is 0. The first-order valence-corrected chi connectivity index (χ1v) is 10.0. The lowest BCUT2D eigenvalue weighted by Gasteiger charge is -2.25. The molecule has 166 valence electrons. The quantitative estimate of drug-likeness (QED) is 0.439. The second-order valence-electron chi connectivity index (χ2n) is 7.64. The summed E-state index contributed by atoms with van der Waals surface area (Å²) in [5, 5.41) is 21.4. The lowest BCUT2D eigenvalue weighted by Crippen LogP contribution is -2.39. The molecule has 2 N–H and O–H groups in total.